The summed E-state index contributed by atoms with van der Waals surface area (Å²) >= 11 is 0. The maximum Gasteiger partial charge on any atom is 0.292 e. The average Bonchev–Trinajstić information content (AvgIpc) is 2.35. The van der Waals surface area contributed by atoms with E-state index in [1.54, 1.807) is 0 Å². The third kappa shape index (κ3) is 3.67. The number of nitrogens with zero attached hydrogens (tertiary/aromatic N) is 1. The lowest BCUT2D eigenvalue weighted by atomic mass is 9.98. The van der Waals surface area contributed by atoms with E-state index in [0.717, 1.165) is 0 Å². The summed E-state index contributed by atoms with van der Waals surface area (Å²) in [5, 5.41) is 13.5. The lowest BCUT2D eigenvalue weighted by Crippen LogP contribution is -2.30. The van der Waals surface area contributed by atoms with Gasteiger partial charge in [0.05, 0.1) is 10.5 Å². The van der Waals surface area contributed by atoms with Crippen LogP contribution in [0.1, 0.15) is 31.1 Å². The van der Waals surface area contributed by atoms with Crippen LogP contribution in [0.4, 0.5) is 11.4 Å². The number of rotatable bonds is 5. The zero-order valence-corrected chi connectivity index (χ0v) is 11.3. The van der Waals surface area contributed by atoms with Crippen molar-refractivity contribution in [2.75, 3.05) is 12.3 Å². The Labute approximate surface area is 112 Å². The van der Waals surface area contributed by atoms with E-state index in [0.29, 0.717) is 18.4 Å². The van der Waals surface area contributed by atoms with E-state index >= 15 is 0 Å². The number of carbonyl (C=O) groups is 1. The van der Waals surface area contributed by atoms with Crippen molar-refractivity contribution in [1.82, 2.24) is 5.32 Å². The maximum absolute atomic E-state index is 12.0. The number of nitro groups is 1. The minimum absolute atomic E-state index is 0.0952. The molecule has 0 spiro atoms. The Morgan fingerprint density at radius 1 is 1.42 bits per heavy atom. The van der Waals surface area contributed by atoms with Crippen molar-refractivity contribution in [1.29, 1.82) is 0 Å². The van der Waals surface area contributed by atoms with Crippen molar-refractivity contribution in [3.8, 4) is 0 Å². The largest absolute Gasteiger partial charge is 0.393 e. The van der Waals surface area contributed by atoms with Gasteiger partial charge in [-0.3, -0.25) is 14.9 Å². The molecule has 1 aromatic rings. The first kappa shape index (κ1) is 14.9. The molecule has 19 heavy (non-hydrogen) atoms. The van der Waals surface area contributed by atoms with Crippen LogP contribution in [0, 0.1) is 22.0 Å². The van der Waals surface area contributed by atoms with E-state index in [1.807, 2.05) is 6.92 Å². The van der Waals surface area contributed by atoms with Gasteiger partial charge in [0.25, 0.3) is 11.6 Å². The van der Waals surface area contributed by atoms with Crippen LogP contribution < -0.4 is 11.1 Å². The fraction of sp³-hybridized carbons (Fsp3) is 0.462. The predicted molar refractivity (Wildman–Crippen MR) is 73.8 cm³/mol. The van der Waals surface area contributed by atoms with E-state index < -0.39 is 4.92 Å². The molecular formula is C13H19N3O3. The summed E-state index contributed by atoms with van der Waals surface area (Å²) in [7, 11) is 0. The van der Waals surface area contributed by atoms with Crippen LogP contribution in [-0.2, 0) is 0 Å². The molecule has 1 amide bonds. The van der Waals surface area contributed by atoms with Crippen LogP contribution in [-0.4, -0.2) is 17.4 Å². The summed E-state index contributed by atoms with van der Waals surface area (Å²) in [4.78, 5) is 22.1. The van der Waals surface area contributed by atoms with Gasteiger partial charge in [0.15, 0.2) is 0 Å². The number of para-hydroxylation sites is 1. The monoisotopic (exact) mass is 265 g/mol. The van der Waals surface area contributed by atoms with Crippen LogP contribution in [0.3, 0.4) is 0 Å². The summed E-state index contributed by atoms with van der Waals surface area (Å²) in [6.45, 7) is 6.68. The molecular weight excluding hydrogens is 246 g/mol. The van der Waals surface area contributed by atoms with Gasteiger partial charge >= 0.3 is 0 Å². The first-order valence-corrected chi connectivity index (χ1v) is 6.15. The topological polar surface area (TPSA) is 98.3 Å². The number of nitro benzene ring substituents is 1. The van der Waals surface area contributed by atoms with Crippen LogP contribution in [0.25, 0.3) is 0 Å². The molecule has 6 nitrogen and oxygen atoms in total. The Bertz CT molecular complexity index is 486. The Hall–Kier alpha value is -2.11. The lowest BCUT2D eigenvalue weighted by Gasteiger charge is -2.16. The van der Waals surface area contributed by atoms with Crippen molar-refractivity contribution in [3.05, 3.63) is 33.9 Å². The smallest absolute Gasteiger partial charge is 0.292 e. The number of nitrogen functional groups attached to an aromatic ring is 1. The van der Waals surface area contributed by atoms with Crippen LogP contribution in [0.15, 0.2) is 18.2 Å². The van der Waals surface area contributed by atoms with Crippen LogP contribution >= 0.6 is 0 Å². The molecule has 104 valence electrons. The van der Waals surface area contributed by atoms with Gasteiger partial charge in [0.1, 0.15) is 5.69 Å². The Balaban J connectivity index is 2.83. The number of amides is 1. The molecule has 0 bridgehead atoms. The van der Waals surface area contributed by atoms with E-state index in [1.165, 1.54) is 18.2 Å². The first-order valence-electron chi connectivity index (χ1n) is 6.15. The maximum atomic E-state index is 12.0. The number of anilines is 1. The SMILES string of the molecule is CC(C)C(C)CNC(=O)c1cccc([N+](=O)[O-])c1N. The average molecular weight is 265 g/mol. The molecule has 3 N–H and O–H groups in total. The second-order valence-electron chi connectivity index (χ2n) is 4.93. The lowest BCUT2D eigenvalue weighted by molar-refractivity contribution is -0.383. The van der Waals surface area contributed by atoms with Gasteiger partial charge in [0.2, 0.25) is 0 Å². The van der Waals surface area contributed by atoms with E-state index in [2.05, 4.69) is 19.2 Å². The highest BCUT2D eigenvalue weighted by atomic mass is 16.6. The van der Waals surface area contributed by atoms with Gasteiger partial charge in [-0.05, 0) is 17.9 Å². The van der Waals surface area contributed by atoms with Gasteiger partial charge in [-0.2, -0.15) is 0 Å². The molecule has 0 saturated heterocycles. The molecule has 0 aromatic heterocycles. The molecule has 0 aliphatic rings. The molecule has 0 fully saturated rings. The molecule has 0 saturated carbocycles. The third-order valence-corrected chi connectivity index (χ3v) is 3.25. The molecule has 1 rings (SSSR count). The Morgan fingerprint density at radius 3 is 2.58 bits per heavy atom. The van der Waals surface area contributed by atoms with Gasteiger partial charge < -0.3 is 11.1 Å². The zero-order chi connectivity index (χ0) is 14.6. The summed E-state index contributed by atoms with van der Waals surface area (Å²) in [5.74, 6) is 0.389. The molecule has 0 radical (unpaired) electrons. The Morgan fingerprint density at radius 2 is 2.05 bits per heavy atom. The normalized spacial score (nSPS) is 12.2. The van der Waals surface area contributed by atoms with Crippen LogP contribution in [0.2, 0.25) is 0 Å². The fourth-order valence-electron chi connectivity index (χ4n) is 1.49. The Kier molecular flexibility index (Phi) is 4.86. The van der Waals surface area contributed by atoms with Gasteiger partial charge in [-0.1, -0.05) is 26.8 Å². The molecule has 6 heteroatoms. The number of hydrogen-bond donors (Lipinski definition) is 2. The van der Waals surface area contributed by atoms with Crippen molar-refractivity contribution in [2.45, 2.75) is 20.8 Å². The van der Waals surface area contributed by atoms with Crippen molar-refractivity contribution < 1.29 is 9.72 Å². The highest BCUT2D eigenvalue weighted by Gasteiger charge is 2.19. The number of nitrogens with two attached hydrogens (primary N) is 1. The molecule has 0 heterocycles. The second-order valence-corrected chi connectivity index (χ2v) is 4.93. The highest BCUT2D eigenvalue weighted by molar-refractivity contribution is 6.00. The molecule has 0 aliphatic carbocycles. The van der Waals surface area contributed by atoms with E-state index in [-0.39, 0.29) is 22.8 Å². The summed E-state index contributed by atoms with van der Waals surface area (Å²) in [6.07, 6.45) is 0. The number of nitrogens with one attached hydrogen (secondary N) is 1. The quantitative estimate of drug-likeness (QED) is 0.484. The summed E-state index contributed by atoms with van der Waals surface area (Å²) in [5.41, 5.74) is 5.45. The highest BCUT2D eigenvalue weighted by Crippen LogP contribution is 2.24. The van der Waals surface area contributed by atoms with Crippen molar-refractivity contribution in [3.63, 3.8) is 0 Å². The standard InChI is InChI=1S/C13H19N3O3/c1-8(2)9(3)7-15-13(17)10-5-4-6-11(12(10)14)16(18)19/h4-6,8-9H,7,14H2,1-3H3,(H,15,17). The first-order chi connectivity index (χ1) is 8.84. The van der Waals surface area contributed by atoms with Gasteiger partial charge in [0, 0.05) is 12.6 Å². The van der Waals surface area contributed by atoms with Crippen molar-refractivity contribution >= 4 is 17.3 Å². The number of hydrogen-bond acceptors (Lipinski definition) is 4. The summed E-state index contributed by atoms with van der Waals surface area (Å²) in [6, 6.07) is 4.22. The third-order valence-electron chi connectivity index (χ3n) is 3.25. The molecule has 0 aliphatic heterocycles. The predicted octanol–water partition coefficient (Wildman–Crippen LogP) is 2.20. The molecule has 1 aromatic carbocycles. The molecule has 1 atom stereocenters. The molecule has 1 unspecified atom stereocenters. The van der Waals surface area contributed by atoms with Crippen LogP contribution in [0.5, 0.6) is 0 Å². The van der Waals surface area contributed by atoms with E-state index in [4.69, 9.17) is 5.73 Å². The van der Waals surface area contributed by atoms with E-state index in [9.17, 15) is 14.9 Å². The minimum Gasteiger partial charge on any atom is -0.393 e. The van der Waals surface area contributed by atoms with Gasteiger partial charge in [-0.25, -0.2) is 0 Å². The fourth-order valence-corrected chi connectivity index (χ4v) is 1.49. The minimum atomic E-state index is -0.594. The number of benzene rings is 1. The second kappa shape index (κ2) is 6.17. The van der Waals surface area contributed by atoms with Crippen molar-refractivity contribution in [2.24, 2.45) is 11.8 Å². The summed E-state index contributed by atoms with van der Waals surface area (Å²) < 4.78 is 0. The number of carbonyl (C=O) groups excluding carboxylic acids is 1. The van der Waals surface area contributed by atoms with Gasteiger partial charge in [-0.15, -0.1) is 0 Å². The zero-order valence-electron chi connectivity index (χ0n) is 11.3.